The molecule has 1 aliphatic rings. The van der Waals surface area contributed by atoms with Crippen molar-refractivity contribution < 1.29 is 9.59 Å². The molecule has 0 spiro atoms. The first-order valence-electron chi connectivity index (χ1n) is 7.15. The van der Waals surface area contributed by atoms with Crippen molar-refractivity contribution in [1.82, 2.24) is 15.2 Å². The summed E-state index contributed by atoms with van der Waals surface area (Å²) in [5, 5.41) is 5.62. The van der Waals surface area contributed by atoms with E-state index in [1.165, 1.54) is 18.3 Å². The van der Waals surface area contributed by atoms with Crippen molar-refractivity contribution in [2.75, 3.05) is 0 Å². The molecule has 0 unspecified atom stereocenters. The summed E-state index contributed by atoms with van der Waals surface area (Å²) in [6.07, 6.45) is 2.27. The van der Waals surface area contributed by atoms with E-state index in [-0.39, 0.29) is 11.8 Å². The minimum Gasteiger partial charge on any atom is -0.348 e. The Morgan fingerprint density at radius 1 is 1.36 bits per heavy atom. The highest BCUT2D eigenvalue weighted by Gasteiger charge is 2.32. The molecule has 6 heteroatoms. The molecule has 1 aromatic carbocycles. The van der Waals surface area contributed by atoms with Crippen LogP contribution in [0.2, 0.25) is 0 Å². The molecule has 1 N–H and O–H groups in total. The van der Waals surface area contributed by atoms with Crippen LogP contribution in [0.5, 0.6) is 0 Å². The van der Waals surface area contributed by atoms with Gasteiger partial charge in [0.1, 0.15) is 11.0 Å². The maximum Gasteiger partial charge on any atom is 0.243 e. The molecule has 5 nitrogen and oxygen atoms in total. The van der Waals surface area contributed by atoms with Crippen molar-refractivity contribution in [1.29, 1.82) is 0 Å². The quantitative estimate of drug-likeness (QED) is 0.938. The summed E-state index contributed by atoms with van der Waals surface area (Å²) in [7, 11) is 0. The average Bonchev–Trinajstić information content (AvgIpc) is 3.04. The van der Waals surface area contributed by atoms with Crippen molar-refractivity contribution >= 4 is 23.2 Å². The van der Waals surface area contributed by atoms with Gasteiger partial charge in [0, 0.05) is 31.5 Å². The van der Waals surface area contributed by atoms with Gasteiger partial charge in [-0.3, -0.25) is 9.59 Å². The summed E-state index contributed by atoms with van der Waals surface area (Å²) in [5.41, 5.74) is 2.25. The molecule has 0 aliphatic carbocycles. The first-order chi connectivity index (χ1) is 10.6. The van der Waals surface area contributed by atoms with Gasteiger partial charge >= 0.3 is 0 Å². The van der Waals surface area contributed by atoms with E-state index in [0.29, 0.717) is 19.5 Å². The lowest BCUT2D eigenvalue weighted by atomic mass is 9.93. The third-order valence-electron chi connectivity index (χ3n) is 3.85. The summed E-state index contributed by atoms with van der Waals surface area (Å²) in [4.78, 5) is 30.2. The van der Waals surface area contributed by atoms with Crippen molar-refractivity contribution in [2.45, 2.75) is 32.5 Å². The molecule has 0 saturated carbocycles. The van der Waals surface area contributed by atoms with Gasteiger partial charge in [0.15, 0.2) is 0 Å². The molecule has 114 valence electrons. The van der Waals surface area contributed by atoms with E-state index in [2.05, 4.69) is 10.3 Å². The zero-order valence-electron chi connectivity index (χ0n) is 12.3. The van der Waals surface area contributed by atoms with Crippen molar-refractivity contribution in [3.05, 3.63) is 52.0 Å². The predicted molar refractivity (Wildman–Crippen MR) is 84.1 cm³/mol. The first kappa shape index (κ1) is 14.7. The van der Waals surface area contributed by atoms with Crippen LogP contribution in [0, 0.1) is 0 Å². The zero-order valence-corrected chi connectivity index (χ0v) is 13.1. The molecule has 3 rings (SSSR count). The van der Waals surface area contributed by atoms with Gasteiger partial charge in [-0.15, -0.1) is 11.3 Å². The van der Waals surface area contributed by atoms with Crippen LogP contribution in [0.3, 0.4) is 0 Å². The van der Waals surface area contributed by atoms with Gasteiger partial charge in [0.2, 0.25) is 11.8 Å². The zero-order chi connectivity index (χ0) is 15.5. The second-order valence-electron chi connectivity index (χ2n) is 5.28. The first-order valence-corrected chi connectivity index (χ1v) is 8.03. The number of hydrogen-bond donors (Lipinski definition) is 1. The molecular weight excluding hydrogens is 298 g/mol. The number of benzene rings is 1. The second-order valence-corrected chi connectivity index (χ2v) is 6.26. The highest BCUT2D eigenvalue weighted by Crippen LogP contribution is 2.23. The molecule has 0 bridgehead atoms. The summed E-state index contributed by atoms with van der Waals surface area (Å²) in [6.45, 7) is 2.40. The van der Waals surface area contributed by atoms with E-state index in [1.807, 2.05) is 29.6 Å². The Bertz CT molecular complexity index is 684. The third kappa shape index (κ3) is 3.01. The Labute approximate surface area is 133 Å². The number of carbonyl (C=O) groups is 2. The van der Waals surface area contributed by atoms with Crippen LogP contribution in [-0.2, 0) is 29.1 Å². The predicted octanol–water partition coefficient (Wildman–Crippen LogP) is 1.73. The Morgan fingerprint density at radius 3 is 2.82 bits per heavy atom. The van der Waals surface area contributed by atoms with Gasteiger partial charge in [-0.05, 0) is 11.1 Å². The molecule has 1 aliphatic heterocycles. The minimum atomic E-state index is -0.452. The summed E-state index contributed by atoms with van der Waals surface area (Å²) >= 11 is 1.50. The van der Waals surface area contributed by atoms with Gasteiger partial charge in [-0.25, -0.2) is 4.98 Å². The van der Waals surface area contributed by atoms with E-state index >= 15 is 0 Å². The van der Waals surface area contributed by atoms with Crippen LogP contribution >= 0.6 is 11.3 Å². The average molecular weight is 315 g/mol. The fourth-order valence-electron chi connectivity index (χ4n) is 2.71. The molecule has 1 atom stereocenters. The summed E-state index contributed by atoms with van der Waals surface area (Å²) < 4.78 is 0. The van der Waals surface area contributed by atoms with E-state index in [4.69, 9.17) is 0 Å². The van der Waals surface area contributed by atoms with Crippen molar-refractivity contribution in [3.8, 4) is 0 Å². The molecule has 22 heavy (non-hydrogen) atoms. The van der Waals surface area contributed by atoms with Crippen LogP contribution in [0.1, 0.15) is 23.1 Å². The third-order valence-corrected chi connectivity index (χ3v) is 4.63. The number of amides is 2. The lowest BCUT2D eigenvalue weighted by Gasteiger charge is -2.35. The maximum atomic E-state index is 12.5. The number of fused-ring (bicyclic) bond motifs is 1. The summed E-state index contributed by atoms with van der Waals surface area (Å²) in [5.74, 6) is -0.205. The van der Waals surface area contributed by atoms with Crippen molar-refractivity contribution in [3.63, 3.8) is 0 Å². The molecule has 2 amide bonds. The van der Waals surface area contributed by atoms with Crippen LogP contribution in [-0.4, -0.2) is 27.7 Å². The molecule has 2 aromatic rings. The SMILES string of the molecule is CC(=O)N1Cc2ccccc2C[C@H]1C(=O)NCc1nccs1. The fourth-order valence-corrected chi connectivity index (χ4v) is 3.26. The Balaban J connectivity index is 1.75. The van der Waals surface area contributed by atoms with Crippen molar-refractivity contribution in [2.24, 2.45) is 0 Å². The van der Waals surface area contributed by atoms with Crippen LogP contribution in [0.15, 0.2) is 35.8 Å². The van der Waals surface area contributed by atoms with Crippen LogP contribution in [0.4, 0.5) is 0 Å². The van der Waals surface area contributed by atoms with Gasteiger partial charge in [-0.1, -0.05) is 24.3 Å². The summed E-state index contributed by atoms with van der Waals surface area (Å²) in [6, 6.07) is 7.50. The number of carbonyl (C=O) groups excluding carboxylic acids is 2. The highest BCUT2D eigenvalue weighted by atomic mass is 32.1. The van der Waals surface area contributed by atoms with E-state index < -0.39 is 6.04 Å². The number of nitrogens with one attached hydrogen (secondary N) is 1. The maximum absolute atomic E-state index is 12.5. The molecule has 0 fully saturated rings. The smallest absolute Gasteiger partial charge is 0.243 e. The standard InChI is InChI=1S/C16H17N3O2S/c1-11(20)19-10-13-5-3-2-4-12(13)8-14(19)16(21)18-9-15-17-6-7-22-15/h2-7,14H,8-10H2,1H3,(H,18,21)/t14-/m0/s1. The molecule has 1 aromatic heterocycles. The highest BCUT2D eigenvalue weighted by molar-refractivity contribution is 7.09. The lowest BCUT2D eigenvalue weighted by molar-refractivity contribution is -0.140. The van der Waals surface area contributed by atoms with E-state index in [1.54, 1.807) is 11.1 Å². The monoisotopic (exact) mass is 315 g/mol. The van der Waals surface area contributed by atoms with Crippen LogP contribution in [0.25, 0.3) is 0 Å². The van der Waals surface area contributed by atoms with Gasteiger partial charge in [0.25, 0.3) is 0 Å². The van der Waals surface area contributed by atoms with Gasteiger partial charge < -0.3 is 10.2 Å². The molecular formula is C16H17N3O2S. The lowest BCUT2D eigenvalue weighted by Crippen LogP contribution is -2.51. The Kier molecular flexibility index (Phi) is 4.20. The molecule has 2 heterocycles. The number of nitrogens with zero attached hydrogens (tertiary/aromatic N) is 2. The second kappa shape index (κ2) is 6.27. The Hall–Kier alpha value is -2.21. The fraction of sp³-hybridized carbons (Fsp3) is 0.312. The number of rotatable bonds is 3. The topological polar surface area (TPSA) is 62.3 Å². The number of thiazole rings is 1. The van der Waals surface area contributed by atoms with Gasteiger partial charge in [-0.2, -0.15) is 0 Å². The van der Waals surface area contributed by atoms with Gasteiger partial charge in [0.05, 0.1) is 6.54 Å². The number of aromatic nitrogens is 1. The minimum absolute atomic E-state index is 0.0797. The number of hydrogen-bond acceptors (Lipinski definition) is 4. The largest absolute Gasteiger partial charge is 0.348 e. The molecule has 0 saturated heterocycles. The Morgan fingerprint density at radius 2 is 2.14 bits per heavy atom. The van der Waals surface area contributed by atoms with E-state index in [9.17, 15) is 9.59 Å². The molecule has 0 radical (unpaired) electrons. The van der Waals surface area contributed by atoms with E-state index in [0.717, 1.165) is 16.1 Å². The normalized spacial score (nSPS) is 17.0. The van der Waals surface area contributed by atoms with Crippen LogP contribution < -0.4 is 5.32 Å².